The van der Waals surface area contributed by atoms with Gasteiger partial charge in [-0.05, 0) is 34.4 Å². The number of likely N-dealkylation sites (N-methyl/N-ethyl adjacent to an activating group) is 2. The van der Waals surface area contributed by atoms with Gasteiger partial charge in [-0.25, -0.2) is 14.6 Å². The van der Waals surface area contributed by atoms with E-state index in [0.717, 1.165) is 24.0 Å². The fourth-order valence-electron chi connectivity index (χ4n) is 2.86. The van der Waals surface area contributed by atoms with Crippen LogP contribution in [0, 0.1) is 0 Å². The number of nitrogen functional groups attached to an aromatic ring is 1. The van der Waals surface area contributed by atoms with E-state index in [-0.39, 0.29) is 11.9 Å². The minimum Gasteiger partial charge on any atom is -0.383 e. The molecule has 2 aromatic rings. The topological polar surface area (TPSA) is 93.2 Å². The minimum absolute atomic E-state index is 0.00233. The predicted molar refractivity (Wildman–Crippen MR) is 104 cm³/mol. The van der Waals surface area contributed by atoms with Gasteiger partial charge in [-0.3, -0.25) is 4.79 Å². The van der Waals surface area contributed by atoms with Gasteiger partial charge in [-0.2, -0.15) is 5.10 Å². The predicted octanol–water partition coefficient (Wildman–Crippen LogP) is 1.50. The van der Waals surface area contributed by atoms with Crippen LogP contribution in [0.4, 0.5) is 5.82 Å². The molecular weight excluding hydrogens is 330 g/mol. The Morgan fingerprint density at radius 2 is 2.08 bits per heavy atom. The van der Waals surface area contributed by atoms with E-state index in [1.54, 1.807) is 11.0 Å². The van der Waals surface area contributed by atoms with Crippen LogP contribution in [-0.2, 0) is 11.2 Å². The van der Waals surface area contributed by atoms with Crippen molar-refractivity contribution in [3.63, 3.8) is 0 Å². The van der Waals surface area contributed by atoms with Gasteiger partial charge in [0.2, 0.25) is 5.91 Å². The molecule has 2 N–H and O–H groups in total. The molecule has 0 aliphatic carbocycles. The van der Waals surface area contributed by atoms with E-state index in [1.807, 2.05) is 50.5 Å². The number of fused-ring (bicyclic) bond motifs is 1. The van der Waals surface area contributed by atoms with Crippen LogP contribution in [0.1, 0.15) is 32.5 Å². The summed E-state index contributed by atoms with van der Waals surface area (Å²) in [5, 5.41) is 5.48. The molecule has 8 nitrogen and oxygen atoms in total. The third-order valence-corrected chi connectivity index (χ3v) is 4.25. The average molecular weight is 359 g/mol. The first-order valence-electron chi connectivity index (χ1n) is 8.96. The van der Waals surface area contributed by atoms with Crippen molar-refractivity contribution in [2.45, 2.75) is 33.2 Å². The van der Waals surface area contributed by atoms with E-state index in [9.17, 15) is 4.79 Å². The molecule has 0 aliphatic rings. The molecule has 0 radical (unpaired) electrons. The molecule has 2 aromatic heterocycles. The molecule has 1 atom stereocenters. The molecule has 0 aliphatic heterocycles. The van der Waals surface area contributed by atoms with E-state index >= 15 is 0 Å². The molecule has 0 saturated heterocycles. The Morgan fingerprint density at radius 3 is 2.69 bits per heavy atom. The molecule has 0 bridgehead atoms. The summed E-state index contributed by atoms with van der Waals surface area (Å²) in [6.45, 7) is 7.95. The van der Waals surface area contributed by atoms with E-state index in [0.29, 0.717) is 24.6 Å². The first-order chi connectivity index (χ1) is 12.4. The highest BCUT2D eigenvalue weighted by atomic mass is 16.2. The van der Waals surface area contributed by atoms with Crippen LogP contribution in [0.25, 0.3) is 11.0 Å². The molecular formula is C18H29N7O. The van der Waals surface area contributed by atoms with Crippen molar-refractivity contribution in [1.82, 2.24) is 29.5 Å². The lowest BCUT2D eigenvalue weighted by molar-refractivity contribution is -0.126. The zero-order valence-electron chi connectivity index (χ0n) is 16.3. The number of carbonyl (C=O) groups is 1. The smallest absolute Gasteiger partial charge is 0.246 e. The van der Waals surface area contributed by atoms with Crippen LogP contribution in [-0.4, -0.2) is 69.2 Å². The van der Waals surface area contributed by atoms with Crippen molar-refractivity contribution in [3.05, 3.63) is 24.2 Å². The van der Waals surface area contributed by atoms with Gasteiger partial charge in [0.1, 0.15) is 12.1 Å². The second kappa shape index (κ2) is 8.75. The van der Waals surface area contributed by atoms with E-state index in [2.05, 4.69) is 15.1 Å². The van der Waals surface area contributed by atoms with Gasteiger partial charge in [0.05, 0.1) is 17.1 Å². The Balaban J connectivity index is 2.22. The molecule has 0 fully saturated rings. The summed E-state index contributed by atoms with van der Waals surface area (Å²) in [6.07, 6.45) is 5.71. The third kappa shape index (κ3) is 4.37. The van der Waals surface area contributed by atoms with Crippen molar-refractivity contribution in [1.29, 1.82) is 0 Å². The number of amides is 1. The molecule has 142 valence electrons. The summed E-state index contributed by atoms with van der Waals surface area (Å²) >= 11 is 0. The van der Waals surface area contributed by atoms with Crippen LogP contribution < -0.4 is 5.73 Å². The molecule has 1 amide bonds. The molecule has 1 unspecified atom stereocenters. The quantitative estimate of drug-likeness (QED) is 0.718. The summed E-state index contributed by atoms with van der Waals surface area (Å²) in [7, 11) is 3.94. The SMILES string of the molecule is CCc1nn(C(C)CN(CC)C(=O)C=CCN(C)C)c2ncnc(N)c12. The highest BCUT2D eigenvalue weighted by Gasteiger charge is 2.20. The van der Waals surface area contributed by atoms with Gasteiger partial charge >= 0.3 is 0 Å². The van der Waals surface area contributed by atoms with Crippen molar-refractivity contribution in [2.75, 3.05) is 39.5 Å². The zero-order chi connectivity index (χ0) is 19.3. The third-order valence-electron chi connectivity index (χ3n) is 4.25. The van der Waals surface area contributed by atoms with E-state index < -0.39 is 0 Å². The van der Waals surface area contributed by atoms with E-state index in [1.165, 1.54) is 6.33 Å². The van der Waals surface area contributed by atoms with Gasteiger partial charge < -0.3 is 15.5 Å². The fraction of sp³-hybridized carbons (Fsp3) is 0.556. The van der Waals surface area contributed by atoms with Gasteiger partial charge in [0.15, 0.2) is 5.65 Å². The van der Waals surface area contributed by atoms with Gasteiger partial charge in [-0.1, -0.05) is 13.0 Å². The van der Waals surface area contributed by atoms with Crippen molar-refractivity contribution >= 4 is 22.8 Å². The van der Waals surface area contributed by atoms with Crippen molar-refractivity contribution in [3.8, 4) is 0 Å². The van der Waals surface area contributed by atoms with Crippen LogP contribution in [0.2, 0.25) is 0 Å². The van der Waals surface area contributed by atoms with Crippen LogP contribution >= 0.6 is 0 Å². The van der Waals surface area contributed by atoms with E-state index in [4.69, 9.17) is 5.73 Å². The van der Waals surface area contributed by atoms with Crippen molar-refractivity contribution < 1.29 is 4.79 Å². The Bertz CT molecular complexity index is 781. The number of hydrogen-bond acceptors (Lipinski definition) is 6. The number of nitrogens with two attached hydrogens (primary N) is 1. The minimum atomic E-state index is -0.0294. The highest BCUT2D eigenvalue weighted by molar-refractivity contribution is 5.88. The monoisotopic (exact) mass is 359 g/mol. The number of aryl methyl sites for hydroxylation is 1. The number of anilines is 1. The van der Waals surface area contributed by atoms with Gasteiger partial charge in [0.25, 0.3) is 0 Å². The Labute approximate surface area is 154 Å². The van der Waals surface area contributed by atoms with Crippen molar-refractivity contribution in [2.24, 2.45) is 0 Å². The standard InChI is InChI=1S/C18H29N7O/c1-6-14-16-17(19)20-12-21-18(16)25(22-14)13(3)11-24(7-2)15(26)9-8-10-23(4)5/h8-9,12-13H,6-7,10-11H2,1-5H3,(H2,19,20,21). The molecule has 8 heteroatoms. The second-order valence-electron chi connectivity index (χ2n) is 6.59. The van der Waals surface area contributed by atoms with Gasteiger partial charge in [-0.15, -0.1) is 0 Å². The number of aromatic nitrogens is 4. The maximum Gasteiger partial charge on any atom is 0.246 e. The number of rotatable bonds is 8. The first-order valence-corrected chi connectivity index (χ1v) is 8.96. The highest BCUT2D eigenvalue weighted by Crippen LogP contribution is 2.24. The number of nitrogens with zero attached hydrogens (tertiary/aromatic N) is 6. The zero-order valence-corrected chi connectivity index (χ0v) is 16.3. The maximum atomic E-state index is 12.4. The lowest BCUT2D eigenvalue weighted by Gasteiger charge is -2.24. The summed E-state index contributed by atoms with van der Waals surface area (Å²) in [4.78, 5) is 24.7. The lowest BCUT2D eigenvalue weighted by Crippen LogP contribution is -2.34. The Morgan fingerprint density at radius 1 is 1.35 bits per heavy atom. The fourth-order valence-corrected chi connectivity index (χ4v) is 2.86. The Kier molecular flexibility index (Phi) is 6.68. The summed E-state index contributed by atoms with van der Waals surface area (Å²) in [6, 6.07) is -0.0294. The maximum absolute atomic E-state index is 12.4. The first kappa shape index (κ1) is 19.8. The molecule has 2 heterocycles. The number of hydrogen-bond donors (Lipinski definition) is 1. The molecule has 0 aromatic carbocycles. The normalized spacial score (nSPS) is 13.0. The van der Waals surface area contributed by atoms with Crippen LogP contribution in [0.15, 0.2) is 18.5 Å². The van der Waals surface area contributed by atoms with Gasteiger partial charge in [0, 0.05) is 25.7 Å². The summed E-state index contributed by atoms with van der Waals surface area (Å²) in [5.41, 5.74) is 7.61. The molecule has 2 rings (SSSR count). The lowest BCUT2D eigenvalue weighted by atomic mass is 10.2. The largest absolute Gasteiger partial charge is 0.383 e. The van der Waals surface area contributed by atoms with Crippen LogP contribution in [0.5, 0.6) is 0 Å². The van der Waals surface area contributed by atoms with Crippen LogP contribution in [0.3, 0.4) is 0 Å². The summed E-state index contributed by atoms with van der Waals surface area (Å²) in [5.74, 6) is 0.447. The summed E-state index contributed by atoms with van der Waals surface area (Å²) < 4.78 is 1.85. The molecule has 0 spiro atoms. The second-order valence-corrected chi connectivity index (χ2v) is 6.59. The number of carbonyl (C=O) groups excluding carboxylic acids is 1. The molecule has 0 saturated carbocycles. The molecule has 26 heavy (non-hydrogen) atoms. The Hall–Kier alpha value is -2.48. The average Bonchev–Trinajstić information content (AvgIpc) is 2.99.